The normalized spacial score (nSPS) is 10.1. The molecule has 0 saturated heterocycles. The summed E-state index contributed by atoms with van der Waals surface area (Å²) in [6.45, 7) is 2.17. The predicted octanol–water partition coefficient (Wildman–Crippen LogP) is 1.69. The van der Waals surface area contributed by atoms with Crippen molar-refractivity contribution in [2.24, 2.45) is 0 Å². The van der Waals surface area contributed by atoms with Gasteiger partial charge in [-0.2, -0.15) is 0 Å². The molecule has 0 N–H and O–H groups in total. The molecule has 0 aromatic rings. The summed E-state index contributed by atoms with van der Waals surface area (Å²) in [6, 6.07) is 0. The third-order valence-corrected chi connectivity index (χ3v) is 0.951. The Labute approximate surface area is 55.5 Å². The van der Waals surface area contributed by atoms with Gasteiger partial charge in [0.2, 0.25) is 0 Å². The second kappa shape index (κ2) is 6.27. The molecule has 44 valence electrons. The van der Waals surface area contributed by atoms with Crippen LogP contribution in [0.3, 0.4) is 0 Å². The number of hydrogen-bond acceptors (Lipinski definition) is 0. The molecule has 0 aliphatic heterocycles. The molecule has 0 aromatic heterocycles. The second-order valence-electron chi connectivity index (χ2n) is 1.32. The zero-order valence-corrected chi connectivity index (χ0v) is 6.02. The Balaban J connectivity index is 2.92. The summed E-state index contributed by atoms with van der Waals surface area (Å²) >= 11 is 2.94. The Hall–Kier alpha value is 0.272. The molecule has 0 heterocycles. The van der Waals surface area contributed by atoms with Gasteiger partial charge < -0.3 is 0 Å². The first-order valence-electron chi connectivity index (χ1n) is 2.46. The predicted molar refractivity (Wildman–Crippen MR) is 30.1 cm³/mol. The molecule has 0 aromatic carbocycles. The first kappa shape index (κ1) is 7.27. The Morgan fingerprint density at radius 2 is 2.29 bits per heavy atom. The van der Waals surface area contributed by atoms with E-state index in [4.69, 9.17) is 0 Å². The zero-order chi connectivity index (χ0) is 5.54. The van der Waals surface area contributed by atoms with Gasteiger partial charge >= 0.3 is 55.1 Å². The van der Waals surface area contributed by atoms with E-state index in [-0.39, 0.29) is 0 Å². The average molecular weight is 189 g/mol. The topological polar surface area (TPSA) is 0 Å². The van der Waals surface area contributed by atoms with Crippen molar-refractivity contribution in [2.45, 2.75) is 19.8 Å². The Kier molecular flexibility index (Phi) is 6.52. The first-order valence-corrected chi connectivity index (χ1v) is 3.36. The monoisotopic (exact) mass is 188 g/mol. The van der Waals surface area contributed by atoms with Gasteiger partial charge in [-0.25, -0.2) is 0 Å². The van der Waals surface area contributed by atoms with Crippen LogP contribution in [0.15, 0.2) is 12.2 Å². The van der Waals surface area contributed by atoms with Crippen molar-refractivity contribution >= 4 is 4.49 Å². The van der Waals surface area contributed by atoms with Gasteiger partial charge in [0.15, 0.2) is 0 Å². The van der Waals surface area contributed by atoms with E-state index in [1.54, 1.807) is 0 Å². The molecule has 7 heavy (non-hydrogen) atoms. The molecule has 0 radical (unpaired) electrons. The molecule has 0 unspecified atom stereocenters. The maximum atomic E-state index is 2.94. The fraction of sp³-hybridized carbons (Fsp3) is 0.500. The molecule has 0 atom stereocenters. The van der Waals surface area contributed by atoms with Gasteiger partial charge in [-0.1, -0.05) is 0 Å². The van der Waals surface area contributed by atoms with Gasteiger partial charge in [0, 0.05) is 0 Å². The molecule has 0 bridgehead atoms. The summed E-state index contributed by atoms with van der Waals surface area (Å²) in [4.78, 5) is 0. The van der Waals surface area contributed by atoms with Gasteiger partial charge in [-0.05, 0) is 0 Å². The molecule has 0 nitrogen and oxygen atoms in total. The molecular formula is C6H10Pd. The maximum absolute atomic E-state index is 2.94. The molecular weight excluding hydrogens is 178 g/mol. The van der Waals surface area contributed by atoms with Crippen molar-refractivity contribution in [3.63, 3.8) is 0 Å². The van der Waals surface area contributed by atoms with Crippen LogP contribution >= 0.6 is 0 Å². The van der Waals surface area contributed by atoms with E-state index >= 15 is 0 Å². The molecule has 0 fully saturated rings. The Morgan fingerprint density at radius 1 is 1.57 bits per heavy atom. The molecule has 0 saturated carbocycles. The number of hydrogen-bond donors (Lipinski definition) is 0. The van der Waals surface area contributed by atoms with Gasteiger partial charge in [0.1, 0.15) is 0 Å². The quantitative estimate of drug-likeness (QED) is 0.592. The van der Waals surface area contributed by atoms with Gasteiger partial charge in [0.05, 0.1) is 0 Å². The van der Waals surface area contributed by atoms with E-state index in [0.717, 1.165) is 0 Å². The first-order chi connectivity index (χ1) is 3.41. The van der Waals surface area contributed by atoms with E-state index in [9.17, 15) is 0 Å². The van der Waals surface area contributed by atoms with E-state index in [0.29, 0.717) is 0 Å². The van der Waals surface area contributed by atoms with Crippen molar-refractivity contribution in [2.75, 3.05) is 0 Å². The number of rotatable bonds is 3. The summed E-state index contributed by atoms with van der Waals surface area (Å²) < 4.78 is 1.90. The van der Waals surface area contributed by atoms with E-state index in [2.05, 4.69) is 31.7 Å². The molecule has 0 spiro atoms. The Bertz CT molecular complexity index is 64.6. The summed E-state index contributed by atoms with van der Waals surface area (Å²) in [5.74, 6) is 0. The van der Waals surface area contributed by atoms with Crippen LogP contribution in [0.5, 0.6) is 0 Å². The van der Waals surface area contributed by atoms with Crippen LogP contribution in [0.2, 0.25) is 0 Å². The van der Waals surface area contributed by atoms with E-state index < -0.39 is 0 Å². The molecule has 1 heteroatoms. The summed E-state index contributed by atoms with van der Waals surface area (Å²) in [6.07, 6.45) is 6.59. The van der Waals surface area contributed by atoms with Crippen molar-refractivity contribution < 1.29 is 18.7 Å². The van der Waals surface area contributed by atoms with Crippen molar-refractivity contribution in [3.8, 4) is 0 Å². The average Bonchev–Trinajstić information content (AvgIpc) is 1.69. The fourth-order valence-corrected chi connectivity index (χ4v) is 0.517. The van der Waals surface area contributed by atoms with Gasteiger partial charge in [0.25, 0.3) is 0 Å². The third kappa shape index (κ3) is 6.27. The molecule has 0 rings (SSSR count). The SMILES string of the molecule is CCC/C=C\[CH]=[Pd]. The van der Waals surface area contributed by atoms with Crippen molar-refractivity contribution in [1.29, 1.82) is 0 Å². The van der Waals surface area contributed by atoms with Gasteiger partial charge in [-0.3, -0.25) is 0 Å². The van der Waals surface area contributed by atoms with Crippen molar-refractivity contribution in [3.05, 3.63) is 12.2 Å². The minimum atomic E-state index is 1.19. The Morgan fingerprint density at radius 3 is 2.71 bits per heavy atom. The summed E-state index contributed by atoms with van der Waals surface area (Å²) in [7, 11) is 0. The second-order valence-corrected chi connectivity index (χ2v) is 1.84. The fourth-order valence-electron chi connectivity index (χ4n) is 0.306. The van der Waals surface area contributed by atoms with Crippen LogP contribution in [0.25, 0.3) is 0 Å². The molecule has 0 aliphatic carbocycles. The standard InChI is InChI=1S/C6H10.Pd/c1-3-5-6-4-2;/h1,3,5H,4,6H2,2H3;/b5-3-;. The van der Waals surface area contributed by atoms with Crippen LogP contribution in [0, 0.1) is 0 Å². The van der Waals surface area contributed by atoms with Crippen LogP contribution in [-0.4, -0.2) is 4.49 Å². The minimum absolute atomic E-state index is 1.19. The van der Waals surface area contributed by atoms with Gasteiger partial charge in [-0.15, -0.1) is 0 Å². The van der Waals surface area contributed by atoms with Crippen molar-refractivity contribution in [1.82, 2.24) is 0 Å². The summed E-state index contributed by atoms with van der Waals surface area (Å²) in [5, 5.41) is 0. The zero-order valence-electron chi connectivity index (χ0n) is 4.46. The van der Waals surface area contributed by atoms with Crippen LogP contribution in [0.4, 0.5) is 0 Å². The molecule has 0 amide bonds. The third-order valence-electron chi connectivity index (χ3n) is 0.652. The van der Waals surface area contributed by atoms with E-state index in [1.807, 2.05) is 10.6 Å². The van der Waals surface area contributed by atoms with Crippen LogP contribution in [-0.2, 0) is 18.7 Å². The molecule has 0 aliphatic rings. The number of allylic oxidation sites excluding steroid dienone is 2. The number of unbranched alkanes of at least 4 members (excludes halogenated alkanes) is 1. The van der Waals surface area contributed by atoms with E-state index in [1.165, 1.54) is 12.8 Å². The van der Waals surface area contributed by atoms with Crippen LogP contribution in [0.1, 0.15) is 19.8 Å². The van der Waals surface area contributed by atoms with Crippen LogP contribution < -0.4 is 0 Å². The summed E-state index contributed by atoms with van der Waals surface area (Å²) in [5.41, 5.74) is 0.